The molecule has 1 saturated heterocycles. The standard InChI is InChI=1S/C12H15NO2/c1-13-12(7-14-8-12)10-2-3-11-9(6-10)4-5-15-11/h2-3,6,13H,4-5,7-8H2,1H3. The Kier molecular flexibility index (Phi) is 1.97. The average molecular weight is 205 g/mol. The van der Waals surface area contributed by atoms with E-state index < -0.39 is 0 Å². The Morgan fingerprint density at radius 1 is 1.33 bits per heavy atom. The normalized spacial score (nSPS) is 21.7. The molecule has 0 aliphatic carbocycles. The van der Waals surface area contributed by atoms with Crippen LogP contribution >= 0.6 is 0 Å². The molecule has 1 N–H and O–H groups in total. The lowest BCUT2D eigenvalue weighted by atomic mass is 9.87. The van der Waals surface area contributed by atoms with E-state index in [1.54, 1.807) is 0 Å². The second kappa shape index (κ2) is 3.22. The van der Waals surface area contributed by atoms with E-state index in [9.17, 15) is 0 Å². The van der Waals surface area contributed by atoms with Crippen molar-refractivity contribution in [2.75, 3.05) is 26.9 Å². The second-order valence-corrected chi connectivity index (χ2v) is 4.25. The maximum atomic E-state index is 5.50. The van der Waals surface area contributed by atoms with Crippen molar-refractivity contribution in [2.45, 2.75) is 12.0 Å². The van der Waals surface area contributed by atoms with Gasteiger partial charge in [-0.15, -0.1) is 0 Å². The third kappa shape index (κ3) is 1.27. The number of benzene rings is 1. The molecule has 0 radical (unpaired) electrons. The highest BCUT2D eigenvalue weighted by atomic mass is 16.5. The smallest absolute Gasteiger partial charge is 0.122 e. The van der Waals surface area contributed by atoms with Gasteiger partial charge in [0.25, 0.3) is 0 Å². The first kappa shape index (κ1) is 9.19. The summed E-state index contributed by atoms with van der Waals surface area (Å²) in [7, 11) is 1.99. The summed E-state index contributed by atoms with van der Waals surface area (Å²) in [5.74, 6) is 1.05. The summed E-state index contributed by atoms with van der Waals surface area (Å²) in [5, 5.41) is 3.36. The van der Waals surface area contributed by atoms with Gasteiger partial charge in [-0.3, -0.25) is 0 Å². The summed E-state index contributed by atoms with van der Waals surface area (Å²) in [4.78, 5) is 0. The number of ether oxygens (including phenoxy) is 2. The van der Waals surface area contributed by atoms with Gasteiger partial charge >= 0.3 is 0 Å². The largest absolute Gasteiger partial charge is 0.493 e. The number of rotatable bonds is 2. The molecule has 3 nitrogen and oxygen atoms in total. The Hall–Kier alpha value is -1.06. The van der Waals surface area contributed by atoms with Crippen molar-refractivity contribution < 1.29 is 9.47 Å². The van der Waals surface area contributed by atoms with Crippen LogP contribution in [0.5, 0.6) is 5.75 Å². The molecule has 3 heteroatoms. The molecule has 0 spiro atoms. The van der Waals surface area contributed by atoms with Crippen molar-refractivity contribution in [1.29, 1.82) is 0 Å². The molecule has 0 bridgehead atoms. The van der Waals surface area contributed by atoms with E-state index in [0.717, 1.165) is 32.0 Å². The van der Waals surface area contributed by atoms with Crippen LogP contribution in [0.1, 0.15) is 11.1 Å². The third-order valence-corrected chi connectivity index (χ3v) is 3.42. The summed E-state index contributed by atoms with van der Waals surface area (Å²) in [6, 6.07) is 6.47. The Labute approximate surface area is 89.4 Å². The van der Waals surface area contributed by atoms with E-state index >= 15 is 0 Å². The third-order valence-electron chi connectivity index (χ3n) is 3.42. The van der Waals surface area contributed by atoms with Gasteiger partial charge in [0, 0.05) is 6.42 Å². The predicted octanol–water partition coefficient (Wildman–Crippen LogP) is 1.07. The zero-order valence-electron chi connectivity index (χ0n) is 8.88. The van der Waals surface area contributed by atoms with Crippen molar-refractivity contribution in [1.82, 2.24) is 5.32 Å². The van der Waals surface area contributed by atoms with Crippen LogP contribution in [-0.2, 0) is 16.7 Å². The lowest BCUT2D eigenvalue weighted by Gasteiger charge is -2.41. The molecule has 2 aliphatic rings. The fourth-order valence-electron chi connectivity index (χ4n) is 2.25. The van der Waals surface area contributed by atoms with Crippen LogP contribution in [0.4, 0.5) is 0 Å². The minimum Gasteiger partial charge on any atom is -0.493 e. The molecule has 0 saturated carbocycles. The lowest BCUT2D eigenvalue weighted by molar-refractivity contribution is -0.0748. The molecular formula is C12H15NO2. The summed E-state index contributed by atoms with van der Waals surface area (Å²) in [5.41, 5.74) is 2.69. The van der Waals surface area contributed by atoms with Gasteiger partial charge in [0.05, 0.1) is 25.4 Å². The summed E-state index contributed by atoms with van der Waals surface area (Å²) >= 11 is 0. The Morgan fingerprint density at radius 3 is 2.87 bits per heavy atom. The number of fused-ring (bicyclic) bond motifs is 1. The minimum absolute atomic E-state index is 0.0393. The van der Waals surface area contributed by atoms with Gasteiger partial charge in [-0.05, 0) is 30.3 Å². The molecule has 1 aromatic rings. The molecule has 0 atom stereocenters. The van der Waals surface area contributed by atoms with Crippen LogP contribution in [0.15, 0.2) is 18.2 Å². The number of nitrogens with one attached hydrogen (secondary N) is 1. The summed E-state index contributed by atoms with van der Waals surface area (Å²) in [6.45, 7) is 2.36. The number of hydrogen-bond acceptors (Lipinski definition) is 3. The molecule has 2 heterocycles. The van der Waals surface area contributed by atoms with Crippen molar-refractivity contribution in [2.24, 2.45) is 0 Å². The SMILES string of the molecule is CNC1(c2ccc3c(c2)CCO3)COC1. The van der Waals surface area contributed by atoms with Crippen molar-refractivity contribution in [3.63, 3.8) is 0 Å². The fraction of sp³-hybridized carbons (Fsp3) is 0.500. The van der Waals surface area contributed by atoms with Crippen molar-refractivity contribution in [3.05, 3.63) is 29.3 Å². The van der Waals surface area contributed by atoms with Crippen molar-refractivity contribution >= 4 is 0 Å². The van der Waals surface area contributed by atoms with Gasteiger partial charge in [0.1, 0.15) is 5.75 Å². The molecule has 0 unspecified atom stereocenters. The highest BCUT2D eigenvalue weighted by Crippen LogP contribution is 2.34. The van der Waals surface area contributed by atoms with Crippen LogP contribution < -0.4 is 10.1 Å². The van der Waals surface area contributed by atoms with Gasteiger partial charge in [-0.25, -0.2) is 0 Å². The Morgan fingerprint density at radius 2 is 2.20 bits per heavy atom. The van der Waals surface area contributed by atoms with Crippen LogP contribution in [0.2, 0.25) is 0 Å². The average Bonchev–Trinajstić information content (AvgIpc) is 2.64. The fourth-order valence-corrected chi connectivity index (χ4v) is 2.25. The number of hydrogen-bond donors (Lipinski definition) is 1. The van der Waals surface area contributed by atoms with Gasteiger partial charge in [-0.2, -0.15) is 0 Å². The topological polar surface area (TPSA) is 30.5 Å². The lowest BCUT2D eigenvalue weighted by Crippen LogP contribution is -2.56. The van der Waals surface area contributed by atoms with E-state index in [4.69, 9.17) is 9.47 Å². The first-order valence-electron chi connectivity index (χ1n) is 5.37. The Bertz CT molecular complexity index is 380. The molecular weight excluding hydrogens is 190 g/mol. The summed E-state index contributed by atoms with van der Waals surface area (Å²) in [6.07, 6.45) is 1.03. The first-order chi connectivity index (χ1) is 7.34. The second-order valence-electron chi connectivity index (χ2n) is 4.25. The number of likely N-dealkylation sites (N-methyl/N-ethyl adjacent to an activating group) is 1. The van der Waals surface area contributed by atoms with E-state index in [2.05, 4.69) is 23.5 Å². The maximum absolute atomic E-state index is 5.50. The highest BCUT2D eigenvalue weighted by Gasteiger charge is 2.39. The van der Waals surface area contributed by atoms with Gasteiger partial charge in [-0.1, -0.05) is 6.07 Å². The van der Waals surface area contributed by atoms with E-state index in [0.29, 0.717) is 0 Å². The van der Waals surface area contributed by atoms with Gasteiger partial charge in [0.2, 0.25) is 0 Å². The van der Waals surface area contributed by atoms with Crippen LogP contribution in [0.25, 0.3) is 0 Å². The predicted molar refractivity (Wildman–Crippen MR) is 57.2 cm³/mol. The van der Waals surface area contributed by atoms with E-state index in [1.807, 2.05) is 7.05 Å². The quantitative estimate of drug-likeness (QED) is 0.783. The molecule has 2 aliphatic heterocycles. The van der Waals surface area contributed by atoms with Crippen molar-refractivity contribution in [3.8, 4) is 5.75 Å². The van der Waals surface area contributed by atoms with Crippen LogP contribution in [0.3, 0.4) is 0 Å². The summed E-state index contributed by atoms with van der Waals surface area (Å²) < 4.78 is 10.8. The monoisotopic (exact) mass is 205 g/mol. The minimum atomic E-state index is 0.0393. The molecule has 0 amide bonds. The molecule has 1 fully saturated rings. The van der Waals surface area contributed by atoms with Gasteiger partial charge in [0.15, 0.2) is 0 Å². The molecule has 0 aromatic heterocycles. The Balaban J connectivity index is 1.98. The molecule has 1 aromatic carbocycles. The molecule has 80 valence electrons. The van der Waals surface area contributed by atoms with Crippen LogP contribution in [-0.4, -0.2) is 26.9 Å². The molecule has 15 heavy (non-hydrogen) atoms. The van der Waals surface area contributed by atoms with E-state index in [1.165, 1.54) is 11.1 Å². The first-order valence-corrected chi connectivity index (χ1v) is 5.37. The van der Waals surface area contributed by atoms with E-state index in [-0.39, 0.29) is 5.54 Å². The van der Waals surface area contributed by atoms with Gasteiger partial charge < -0.3 is 14.8 Å². The zero-order valence-corrected chi connectivity index (χ0v) is 8.88. The maximum Gasteiger partial charge on any atom is 0.122 e. The zero-order chi connectivity index (χ0) is 10.3. The molecule has 3 rings (SSSR count). The van der Waals surface area contributed by atoms with Crippen LogP contribution in [0, 0.1) is 0 Å². The highest BCUT2D eigenvalue weighted by molar-refractivity contribution is 5.42.